The largest absolute Gasteiger partial charge is 0.301 e. The first-order valence-electron chi connectivity index (χ1n) is 10.7. The van der Waals surface area contributed by atoms with Crippen LogP contribution in [0.25, 0.3) is 0 Å². The molecule has 4 rings (SSSR count). The second-order valence-corrected chi connectivity index (χ2v) is 8.28. The van der Waals surface area contributed by atoms with Crippen molar-refractivity contribution in [3.63, 3.8) is 0 Å². The Morgan fingerprint density at radius 1 is 0.821 bits per heavy atom. The summed E-state index contributed by atoms with van der Waals surface area (Å²) in [6, 6.07) is 14.3. The minimum absolute atomic E-state index is 0.178. The number of fused-ring (bicyclic) bond motifs is 1. The minimum atomic E-state index is -0.216. The van der Waals surface area contributed by atoms with Gasteiger partial charge in [0.05, 0.1) is 0 Å². The third kappa shape index (κ3) is 4.79. The molecule has 2 heterocycles. The van der Waals surface area contributed by atoms with Crippen LogP contribution in [0.3, 0.4) is 0 Å². The molecule has 0 aromatic heterocycles. The molecule has 0 spiro atoms. The van der Waals surface area contributed by atoms with E-state index in [4.69, 9.17) is 0 Å². The predicted molar refractivity (Wildman–Crippen MR) is 110 cm³/mol. The average Bonchev–Trinajstić information content (AvgIpc) is 2.73. The molecule has 0 bridgehead atoms. The van der Waals surface area contributed by atoms with Gasteiger partial charge in [0, 0.05) is 31.6 Å². The first kappa shape index (κ1) is 19.5. The third-order valence-electron chi connectivity index (χ3n) is 6.43. The Hall–Kier alpha value is -1.78. The Kier molecular flexibility index (Phi) is 6.38. The maximum absolute atomic E-state index is 13.4. The molecule has 0 saturated carbocycles. The van der Waals surface area contributed by atoms with Gasteiger partial charge in [0.1, 0.15) is 11.6 Å². The summed E-state index contributed by atoms with van der Waals surface area (Å²) in [6.45, 7) is 5.93. The van der Waals surface area contributed by atoms with Crippen molar-refractivity contribution in [2.75, 3.05) is 32.7 Å². The molecule has 2 aromatic rings. The first-order chi connectivity index (χ1) is 13.7. The van der Waals surface area contributed by atoms with E-state index in [9.17, 15) is 8.78 Å². The normalized spacial score (nSPS) is 21.0. The minimum Gasteiger partial charge on any atom is -0.301 e. The molecule has 2 saturated heterocycles. The molecular weight excluding hydrogens is 354 g/mol. The van der Waals surface area contributed by atoms with Gasteiger partial charge in [-0.05, 0) is 74.2 Å². The molecule has 2 aliphatic heterocycles. The molecule has 0 radical (unpaired) electrons. The molecule has 1 atom stereocenters. The second-order valence-electron chi connectivity index (χ2n) is 8.28. The van der Waals surface area contributed by atoms with Crippen molar-refractivity contribution < 1.29 is 8.78 Å². The molecule has 2 aliphatic rings. The molecule has 0 unspecified atom stereocenters. The molecule has 150 valence electrons. The number of piperazine rings is 1. The van der Waals surface area contributed by atoms with Crippen LogP contribution < -0.4 is 0 Å². The summed E-state index contributed by atoms with van der Waals surface area (Å²) in [6.07, 6.45) is 6.14. The van der Waals surface area contributed by atoms with Crippen molar-refractivity contribution in [1.29, 1.82) is 0 Å². The van der Waals surface area contributed by atoms with Crippen LogP contribution in [-0.4, -0.2) is 48.6 Å². The Morgan fingerprint density at radius 2 is 1.46 bits per heavy atom. The van der Waals surface area contributed by atoms with Gasteiger partial charge in [-0.1, -0.05) is 30.7 Å². The molecular formula is C24H30F2N2. The first-order valence-corrected chi connectivity index (χ1v) is 10.7. The number of rotatable bonds is 6. The molecule has 2 fully saturated rings. The van der Waals surface area contributed by atoms with Crippen molar-refractivity contribution in [3.8, 4) is 0 Å². The lowest BCUT2D eigenvalue weighted by atomic mass is 9.87. The van der Waals surface area contributed by atoms with Gasteiger partial charge in [-0.25, -0.2) is 8.78 Å². The maximum Gasteiger partial charge on any atom is 0.123 e. The summed E-state index contributed by atoms with van der Waals surface area (Å²) in [5.41, 5.74) is 2.20. The zero-order chi connectivity index (χ0) is 19.3. The summed E-state index contributed by atoms with van der Waals surface area (Å²) in [5.74, 6) is -0.254. The van der Waals surface area contributed by atoms with Crippen LogP contribution in [0.1, 0.15) is 49.1 Å². The summed E-state index contributed by atoms with van der Waals surface area (Å²) >= 11 is 0. The quantitative estimate of drug-likeness (QED) is 0.688. The van der Waals surface area contributed by atoms with Crippen LogP contribution in [0.15, 0.2) is 48.5 Å². The predicted octanol–water partition coefficient (Wildman–Crippen LogP) is 5.05. The maximum atomic E-state index is 13.4. The van der Waals surface area contributed by atoms with Gasteiger partial charge in [0.25, 0.3) is 0 Å². The van der Waals surface area contributed by atoms with E-state index in [1.165, 1.54) is 63.2 Å². The van der Waals surface area contributed by atoms with Gasteiger partial charge in [-0.15, -0.1) is 0 Å². The highest BCUT2D eigenvalue weighted by atomic mass is 19.1. The van der Waals surface area contributed by atoms with Crippen molar-refractivity contribution in [1.82, 2.24) is 9.80 Å². The van der Waals surface area contributed by atoms with Crippen molar-refractivity contribution >= 4 is 0 Å². The summed E-state index contributed by atoms with van der Waals surface area (Å²) in [5, 5.41) is 0. The zero-order valence-corrected chi connectivity index (χ0v) is 16.5. The Bertz CT molecular complexity index is 699. The smallest absolute Gasteiger partial charge is 0.123 e. The van der Waals surface area contributed by atoms with Gasteiger partial charge < -0.3 is 4.90 Å². The Labute approximate surface area is 167 Å². The van der Waals surface area contributed by atoms with Crippen molar-refractivity contribution in [2.45, 2.75) is 44.1 Å². The van der Waals surface area contributed by atoms with Crippen LogP contribution in [0.5, 0.6) is 0 Å². The van der Waals surface area contributed by atoms with Crippen molar-refractivity contribution in [2.24, 2.45) is 0 Å². The van der Waals surface area contributed by atoms with Gasteiger partial charge >= 0.3 is 0 Å². The molecule has 0 aliphatic carbocycles. The van der Waals surface area contributed by atoms with Gasteiger partial charge in [0.2, 0.25) is 0 Å². The highest BCUT2D eigenvalue weighted by Crippen LogP contribution is 2.30. The summed E-state index contributed by atoms with van der Waals surface area (Å²) in [7, 11) is 0. The fourth-order valence-electron chi connectivity index (χ4n) is 4.86. The molecule has 0 N–H and O–H groups in total. The molecule has 4 heteroatoms. The highest BCUT2D eigenvalue weighted by Gasteiger charge is 2.28. The van der Waals surface area contributed by atoms with Crippen LogP contribution in [0.2, 0.25) is 0 Å². The Balaban J connectivity index is 1.38. The molecule has 2 nitrogen and oxygen atoms in total. The molecule has 0 amide bonds. The van der Waals surface area contributed by atoms with Crippen LogP contribution >= 0.6 is 0 Å². The average molecular weight is 385 g/mol. The van der Waals surface area contributed by atoms with E-state index in [2.05, 4.69) is 9.80 Å². The van der Waals surface area contributed by atoms with Crippen LogP contribution in [-0.2, 0) is 0 Å². The number of hydrogen-bond acceptors (Lipinski definition) is 2. The molecule has 28 heavy (non-hydrogen) atoms. The van der Waals surface area contributed by atoms with Gasteiger partial charge in [-0.3, -0.25) is 4.90 Å². The number of piperidine rings is 1. The number of nitrogens with zero attached hydrogens (tertiary/aromatic N) is 2. The van der Waals surface area contributed by atoms with E-state index in [1.54, 1.807) is 0 Å². The van der Waals surface area contributed by atoms with E-state index in [0.717, 1.165) is 43.1 Å². The van der Waals surface area contributed by atoms with E-state index in [1.807, 2.05) is 24.3 Å². The summed E-state index contributed by atoms with van der Waals surface area (Å²) in [4.78, 5) is 5.28. The lowest BCUT2D eigenvalue weighted by Gasteiger charge is -2.44. The molecule has 2 aromatic carbocycles. The van der Waals surface area contributed by atoms with Gasteiger partial charge in [-0.2, -0.15) is 0 Å². The number of benzene rings is 2. The monoisotopic (exact) mass is 384 g/mol. The van der Waals surface area contributed by atoms with Gasteiger partial charge in [0.15, 0.2) is 0 Å². The van der Waals surface area contributed by atoms with Crippen LogP contribution in [0, 0.1) is 11.6 Å². The lowest BCUT2D eigenvalue weighted by Crippen LogP contribution is -2.54. The van der Waals surface area contributed by atoms with E-state index < -0.39 is 0 Å². The SMILES string of the molecule is Fc1ccc(C(CCCN2CCN3CCCC[C@H]3C2)c2ccc(F)cc2)cc1. The number of halogens is 2. The highest BCUT2D eigenvalue weighted by molar-refractivity contribution is 5.32. The Morgan fingerprint density at radius 3 is 2.11 bits per heavy atom. The lowest BCUT2D eigenvalue weighted by molar-refractivity contribution is 0.0486. The van der Waals surface area contributed by atoms with E-state index in [-0.39, 0.29) is 17.6 Å². The standard InChI is InChI=1S/C24H30F2N2/c25-21-10-6-19(7-11-21)24(20-8-12-22(26)13-9-20)5-3-14-27-16-17-28-15-2-1-4-23(28)18-27/h6-13,23-24H,1-5,14-18H2/t23-/m0/s1. The zero-order valence-electron chi connectivity index (χ0n) is 16.5. The van der Waals surface area contributed by atoms with E-state index >= 15 is 0 Å². The fourth-order valence-corrected chi connectivity index (χ4v) is 4.86. The number of hydrogen-bond donors (Lipinski definition) is 0. The van der Waals surface area contributed by atoms with Crippen molar-refractivity contribution in [3.05, 3.63) is 71.3 Å². The fraction of sp³-hybridized carbons (Fsp3) is 0.500. The third-order valence-corrected chi connectivity index (χ3v) is 6.43. The second kappa shape index (κ2) is 9.15. The topological polar surface area (TPSA) is 6.48 Å². The van der Waals surface area contributed by atoms with Crippen LogP contribution in [0.4, 0.5) is 8.78 Å². The summed E-state index contributed by atoms with van der Waals surface area (Å²) < 4.78 is 26.8. The van der Waals surface area contributed by atoms with E-state index in [0.29, 0.717) is 0 Å².